The molecular weight excluding hydrogens is 250 g/mol. The molecule has 1 aromatic carbocycles. The minimum Gasteiger partial charge on any atom is -0.314 e. The van der Waals surface area contributed by atoms with Gasteiger partial charge in [-0.15, -0.1) is 0 Å². The normalized spacial score (nSPS) is 28.2. The quantitative estimate of drug-likeness (QED) is 0.889. The van der Waals surface area contributed by atoms with E-state index in [-0.39, 0.29) is 11.3 Å². The van der Waals surface area contributed by atoms with Crippen LogP contribution in [0.3, 0.4) is 0 Å². The Labute approximate surface area is 119 Å². The van der Waals surface area contributed by atoms with E-state index in [0.717, 1.165) is 12.3 Å². The molecule has 4 heteroatoms. The van der Waals surface area contributed by atoms with E-state index >= 15 is 0 Å². The van der Waals surface area contributed by atoms with Gasteiger partial charge in [-0.2, -0.15) is 5.10 Å². The highest BCUT2D eigenvalue weighted by atomic mass is 16.2. The molecule has 0 aliphatic carbocycles. The molecule has 0 aromatic heterocycles. The minimum atomic E-state index is -0.516. The molecule has 1 saturated heterocycles. The SMILES string of the molecule is CN1N=C2C(C)(C)CNCC2(Cc2ccccc2)C1=O. The first-order chi connectivity index (χ1) is 9.46. The fraction of sp³-hybridized carbons (Fsp3) is 0.500. The highest BCUT2D eigenvalue weighted by Crippen LogP contribution is 2.42. The zero-order valence-electron chi connectivity index (χ0n) is 12.3. The van der Waals surface area contributed by atoms with Crippen molar-refractivity contribution in [2.24, 2.45) is 15.9 Å². The van der Waals surface area contributed by atoms with Gasteiger partial charge < -0.3 is 5.32 Å². The van der Waals surface area contributed by atoms with Gasteiger partial charge in [0.15, 0.2) is 0 Å². The lowest BCUT2D eigenvalue weighted by atomic mass is 9.65. The van der Waals surface area contributed by atoms with Crippen LogP contribution in [-0.4, -0.2) is 36.8 Å². The lowest BCUT2D eigenvalue weighted by Gasteiger charge is -2.41. The van der Waals surface area contributed by atoms with Gasteiger partial charge in [0.25, 0.3) is 5.91 Å². The number of fused-ring (bicyclic) bond motifs is 1. The van der Waals surface area contributed by atoms with Crippen LogP contribution in [0.25, 0.3) is 0 Å². The third-order valence-electron chi connectivity index (χ3n) is 4.39. The highest BCUT2D eigenvalue weighted by Gasteiger charge is 2.56. The molecule has 2 heterocycles. The zero-order valence-corrected chi connectivity index (χ0v) is 12.3. The Balaban J connectivity index is 2.04. The van der Waals surface area contributed by atoms with Crippen LogP contribution in [0, 0.1) is 10.8 Å². The number of nitrogens with one attached hydrogen (secondary N) is 1. The van der Waals surface area contributed by atoms with Gasteiger partial charge in [0, 0.05) is 25.6 Å². The molecule has 20 heavy (non-hydrogen) atoms. The highest BCUT2D eigenvalue weighted by molar-refractivity contribution is 6.15. The van der Waals surface area contributed by atoms with Crippen molar-refractivity contribution in [3.63, 3.8) is 0 Å². The summed E-state index contributed by atoms with van der Waals surface area (Å²) in [4.78, 5) is 12.7. The smallest absolute Gasteiger partial charge is 0.256 e. The lowest BCUT2D eigenvalue weighted by Crippen LogP contribution is -2.59. The van der Waals surface area contributed by atoms with Crippen LogP contribution in [0.5, 0.6) is 0 Å². The summed E-state index contributed by atoms with van der Waals surface area (Å²) in [6.45, 7) is 5.85. The van der Waals surface area contributed by atoms with E-state index in [1.165, 1.54) is 10.6 Å². The number of hydrogen-bond acceptors (Lipinski definition) is 3. The van der Waals surface area contributed by atoms with Crippen molar-refractivity contribution in [1.29, 1.82) is 0 Å². The van der Waals surface area contributed by atoms with Crippen LogP contribution in [0.15, 0.2) is 35.4 Å². The van der Waals surface area contributed by atoms with Crippen molar-refractivity contribution in [3.05, 3.63) is 35.9 Å². The molecule has 1 unspecified atom stereocenters. The molecular formula is C16H21N3O. The van der Waals surface area contributed by atoms with Crippen LogP contribution in [0.4, 0.5) is 0 Å². The summed E-state index contributed by atoms with van der Waals surface area (Å²) in [5.74, 6) is 0.108. The number of carbonyl (C=O) groups excluding carboxylic acids is 1. The molecule has 4 nitrogen and oxygen atoms in total. The molecule has 1 amide bonds. The van der Waals surface area contributed by atoms with Gasteiger partial charge in [0.1, 0.15) is 5.41 Å². The first-order valence-corrected chi connectivity index (χ1v) is 7.08. The topological polar surface area (TPSA) is 44.7 Å². The first kappa shape index (κ1) is 13.3. The van der Waals surface area contributed by atoms with Crippen LogP contribution >= 0.6 is 0 Å². The molecule has 3 rings (SSSR count). The maximum absolute atomic E-state index is 12.7. The van der Waals surface area contributed by atoms with Gasteiger partial charge in [0.2, 0.25) is 0 Å². The number of nitrogens with zero attached hydrogens (tertiary/aromatic N) is 2. The largest absolute Gasteiger partial charge is 0.314 e. The Hall–Kier alpha value is -1.68. The third-order valence-corrected chi connectivity index (χ3v) is 4.39. The molecule has 2 aliphatic rings. The molecule has 1 aromatic rings. The molecule has 0 bridgehead atoms. The van der Waals surface area contributed by atoms with Gasteiger partial charge >= 0.3 is 0 Å². The van der Waals surface area contributed by atoms with Crippen molar-refractivity contribution in [2.75, 3.05) is 20.1 Å². The van der Waals surface area contributed by atoms with Crippen molar-refractivity contribution in [1.82, 2.24) is 10.3 Å². The number of amides is 1. The number of benzene rings is 1. The minimum absolute atomic E-state index is 0.0898. The monoisotopic (exact) mass is 271 g/mol. The molecule has 106 valence electrons. The summed E-state index contributed by atoms with van der Waals surface area (Å²) in [6.07, 6.45) is 0.715. The second-order valence-electron chi connectivity index (χ2n) is 6.51. The summed E-state index contributed by atoms with van der Waals surface area (Å²) in [6, 6.07) is 10.2. The van der Waals surface area contributed by atoms with Gasteiger partial charge in [-0.1, -0.05) is 44.2 Å². The van der Waals surface area contributed by atoms with Crippen LogP contribution in [-0.2, 0) is 11.2 Å². The molecule has 0 radical (unpaired) electrons. The summed E-state index contributed by atoms with van der Waals surface area (Å²) >= 11 is 0. The Kier molecular flexibility index (Phi) is 2.94. The van der Waals surface area contributed by atoms with E-state index in [1.54, 1.807) is 7.05 Å². The summed E-state index contributed by atoms with van der Waals surface area (Å²) in [7, 11) is 1.76. The molecule has 1 atom stereocenters. The number of rotatable bonds is 2. The Morgan fingerprint density at radius 1 is 1.25 bits per heavy atom. The molecule has 0 spiro atoms. The average Bonchev–Trinajstić information content (AvgIpc) is 2.66. The number of hydrogen-bond donors (Lipinski definition) is 1. The maximum Gasteiger partial charge on any atom is 0.256 e. The molecule has 1 fully saturated rings. The van der Waals surface area contributed by atoms with Crippen molar-refractivity contribution in [3.8, 4) is 0 Å². The van der Waals surface area contributed by atoms with Gasteiger partial charge in [0.05, 0.1) is 5.71 Å². The molecule has 0 saturated carbocycles. The predicted molar refractivity (Wildman–Crippen MR) is 79.4 cm³/mol. The Morgan fingerprint density at radius 3 is 2.65 bits per heavy atom. The second-order valence-corrected chi connectivity index (χ2v) is 6.51. The fourth-order valence-electron chi connectivity index (χ4n) is 3.48. The maximum atomic E-state index is 12.7. The number of piperidine rings is 1. The van der Waals surface area contributed by atoms with E-state index in [4.69, 9.17) is 0 Å². The number of hydrazone groups is 1. The van der Waals surface area contributed by atoms with Crippen molar-refractivity contribution < 1.29 is 4.79 Å². The average molecular weight is 271 g/mol. The number of carbonyl (C=O) groups is 1. The van der Waals surface area contributed by atoms with E-state index in [1.807, 2.05) is 18.2 Å². The predicted octanol–water partition coefficient (Wildman–Crippen LogP) is 1.67. The fourth-order valence-corrected chi connectivity index (χ4v) is 3.48. The second kappa shape index (κ2) is 4.42. The van der Waals surface area contributed by atoms with Crippen molar-refractivity contribution in [2.45, 2.75) is 20.3 Å². The van der Waals surface area contributed by atoms with E-state index in [0.29, 0.717) is 13.0 Å². The summed E-state index contributed by atoms with van der Waals surface area (Å²) < 4.78 is 0. The van der Waals surface area contributed by atoms with Gasteiger partial charge in [-0.05, 0) is 12.0 Å². The van der Waals surface area contributed by atoms with Gasteiger partial charge in [-0.25, -0.2) is 5.01 Å². The lowest BCUT2D eigenvalue weighted by molar-refractivity contribution is -0.135. The summed E-state index contributed by atoms with van der Waals surface area (Å²) in [5.41, 5.74) is 1.61. The summed E-state index contributed by atoms with van der Waals surface area (Å²) in [5, 5.41) is 9.52. The van der Waals surface area contributed by atoms with Crippen LogP contribution in [0.2, 0.25) is 0 Å². The van der Waals surface area contributed by atoms with E-state index < -0.39 is 5.41 Å². The van der Waals surface area contributed by atoms with Crippen LogP contribution in [0.1, 0.15) is 19.4 Å². The Morgan fingerprint density at radius 2 is 1.95 bits per heavy atom. The zero-order chi connectivity index (χ0) is 14.4. The first-order valence-electron chi connectivity index (χ1n) is 7.08. The van der Waals surface area contributed by atoms with Gasteiger partial charge in [-0.3, -0.25) is 4.79 Å². The van der Waals surface area contributed by atoms with E-state index in [2.05, 4.69) is 36.4 Å². The molecule has 2 aliphatic heterocycles. The van der Waals surface area contributed by atoms with Crippen molar-refractivity contribution >= 4 is 11.6 Å². The van der Waals surface area contributed by atoms with Crippen LogP contribution < -0.4 is 5.32 Å². The Bertz CT molecular complexity index is 564. The van der Waals surface area contributed by atoms with E-state index in [9.17, 15) is 4.79 Å². The third kappa shape index (κ3) is 1.86. The standard InChI is InChI=1S/C16H21N3O/c1-15(2)10-17-11-16(9-12-7-5-4-6-8-12)13(15)18-19(3)14(16)20/h4-8,17H,9-11H2,1-3H3. The molecule has 1 N–H and O–H groups in total.